The van der Waals surface area contributed by atoms with Crippen LogP contribution in [0.25, 0.3) is 21.5 Å². The summed E-state index contributed by atoms with van der Waals surface area (Å²) in [6.07, 6.45) is 9.16. The number of rotatable bonds is 18. The summed E-state index contributed by atoms with van der Waals surface area (Å²) in [5.74, 6) is -0.429. The first-order valence-corrected chi connectivity index (χ1v) is 17.7. The molecule has 0 bridgehead atoms. The normalized spacial score (nSPS) is 13.1. The van der Waals surface area contributed by atoms with Gasteiger partial charge in [-0.1, -0.05) is 144 Å². The molecule has 4 rings (SSSR count). The Morgan fingerprint density at radius 1 is 0.804 bits per heavy atom. The molecule has 7 nitrogen and oxygen atoms in total. The van der Waals surface area contributed by atoms with Gasteiger partial charge in [0.05, 0.1) is 6.04 Å². The van der Waals surface area contributed by atoms with E-state index in [0.717, 1.165) is 44.5 Å². The van der Waals surface area contributed by atoms with Crippen LogP contribution >= 0.6 is 0 Å². The Morgan fingerprint density at radius 2 is 1.45 bits per heavy atom. The predicted molar refractivity (Wildman–Crippen MR) is 211 cm³/mol. The predicted octanol–water partition coefficient (Wildman–Crippen LogP) is 8.15. The van der Waals surface area contributed by atoms with Gasteiger partial charge in [0, 0.05) is 12.8 Å². The Balaban J connectivity index is 0.00000345. The fourth-order valence-electron chi connectivity index (χ4n) is 5.72. The lowest BCUT2D eigenvalue weighted by molar-refractivity contribution is -0.131. The first-order valence-electron chi connectivity index (χ1n) is 17.7. The van der Waals surface area contributed by atoms with Crippen molar-refractivity contribution in [1.82, 2.24) is 16.0 Å². The minimum Gasteiger partial charge on any atom is -0.475 e. The number of benzene rings is 4. The number of allylic oxidation sites excluding steroid dienone is 3. The molecule has 0 aliphatic carbocycles. The van der Waals surface area contributed by atoms with Crippen LogP contribution in [-0.4, -0.2) is 42.8 Å². The zero-order chi connectivity index (χ0) is 37.2. The number of hydrogen-bond donors (Lipinski definition) is 3. The number of hydrogen-bond acceptors (Lipinski definition) is 5. The molecule has 7 heteroatoms. The fraction of sp³-hybridized carbons (Fsp3) is 0.295. The van der Waals surface area contributed by atoms with Crippen molar-refractivity contribution in [2.75, 3.05) is 6.61 Å². The third-order valence-electron chi connectivity index (χ3n) is 8.24. The average Bonchev–Trinajstić information content (AvgIpc) is 3.14. The Kier molecular flexibility index (Phi) is 16.4. The first-order chi connectivity index (χ1) is 24.7. The van der Waals surface area contributed by atoms with Gasteiger partial charge in [-0.25, -0.2) is 0 Å². The van der Waals surface area contributed by atoms with Gasteiger partial charge < -0.3 is 25.5 Å². The third kappa shape index (κ3) is 12.4. The summed E-state index contributed by atoms with van der Waals surface area (Å²) in [4.78, 5) is 40.0. The third-order valence-corrected chi connectivity index (χ3v) is 8.24. The molecular formula is C44H53N3O4. The van der Waals surface area contributed by atoms with Gasteiger partial charge in [-0.3, -0.25) is 9.59 Å². The van der Waals surface area contributed by atoms with Crippen LogP contribution in [0.5, 0.6) is 0 Å². The van der Waals surface area contributed by atoms with Crippen LogP contribution in [0.15, 0.2) is 134 Å². The molecule has 0 aromatic heterocycles. The minimum absolute atomic E-state index is 0.192. The van der Waals surface area contributed by atoms with Crippen LogP contribution in [0, 0.1) is 5.92 Å². The van der Waals surface area contributed by atoms with E-state index in [1.807, 2.05) is 132 Å². The van der Waals surface area contributed by atoms with Crippen LogP contribution in [0.4, 0.5) is 0 Å². The number of nitrogens with one attached hydrogen (secondary N) is 3. The van der Waals surface area contributed by atoms with E-state index < -0.39 is 29.9 Å². The van der Waals surface area contributed by atoms with E-state index in [-0.39, 0.29) is 24.8 Å². The average molecular weight is 688 g/mol. The Bertz CT molecular complexity index is 1840. The van der Waals surface area contributed by atoms with Gasteiger partial charge in [0.1, 0.15) is 25.0 Å². The fourth-order valence-corrected chi connectivity index (χ4v) is 5.72. The van der Waals surface area contributed by atoms with Crippen molar-refractivity contribution in [3.63, 3.8) is 0 Å². The van der Waals surface area contributed by atoms with E-state index in [0.29, 0.717) is 12.8 Å². The van der Waals surface area contributed by atoms with Crippen molar-refractivity contribution in [3.05, 3.63) is 145 Å². The van der Waals surface area contributed by atoms with Gasteiger partial charge in [0.2, 0.25) is 11.8 Å². The van der Waals surface area contributed by atoms with Crippen molar-refractivity contribution in [2.24, 2.45) is 5.92 Å². The number of carbonyl (C=O) groups excluding carboxylic acids is 3. The molecular weight excluding hydrogens is 635 g/mol. The van der Waals surface area contributed by atoms with Crippen molar-refractivity contribution >= 4 is 39.6 Å². The quantitative estimate of drug-likeness (QED) is 0.0558. The SMILES string of the molecule is C=C/C(=C\C=C/C)COC(=C)NC(Cc1ccc2ccccc2c1)C(=O)N[C@@H](Cc1cccc2ccccc12)C(=O)NC(C=O)CC(C)C.CC. The van der Waals surface area contributed by atoms with Gasteiger partial charge in [-0.2, -0.15) is 0 Å². The van der Waals surface area contributed by atoms with Crippen molar-refractivity contribution in [3.8, 4) is 0 Å². The van der Waals surface area contributed by atoms with E-state index in [4.69, 9.17) is 4.74 Å². The molecule has 51 heavy (non-hydrogen) atoms. The lowest BCUT2D eigenvalue weighted by Crippen LogP contribution is -2.55. The van der Waals surface area contributed by atoms with E-state index in [1.165, 1.54) is 0 Å². The minimum atomic E-state index is -0.959. The molecule has 3 atom stereocenters. The van der Waals surface area contributed by atoms with Crippen molar-refractivity contribution in [2.45, 2.75) is 72.0 Å². The molecule has 0 heterocycles. The van der Waals surface area contributed by atoms with Crippen LogP contribution < -0.4 is 16.0 Å². The molecule has 0 spiro atoms. The molecule has 4 aromatic carbocycles. The van der Waals surface area contributed by atoms with E-state index in [2.05, 4.69) is 35.2 Å². The molecule has 0 radical (unpaired) electrons. The monoisotopic (exact) mass is 687 g/mol. The summed E-state index contributed by atoms with van der Waals surface area (Å²) in [6.45, 7) is 18.0. The maximum Gasteiger partial charge on any atom is 0.243 e. The number of aldehydes is 1. The second-order valence-corrected chi connectivity index (χ2v) is 12.6. The molecule has 4 aromatic rings. The zero-order valence-corrected chi connectivity index (χ0v) is 30.7. The highest BCUT2D eigenvalue weighted by Crippen LogP contribution is 2.21. The van der Waals surface area contributed by atoms with Gasteiger partial charge >= 0.3 is 0 Å². The molecule has 0 saturated carbocycles. The van der Waals surface area contributed by atoms with Crippen molar-refractivity contribution in [1.29, 1.82) is 0 Å². The topological polar surface area (TPSA) is 96.5 Å². The smallest absolute Gasteiger partial charge is 0.243 e. The molecule has 0 fully saturated rings. The molecule has 268 valence electrons. The van der Waals surface area contributed by atoms with Gasteiger partial charge in [-0.05, 0) is 64.1 Å². The van der Waals surface area contributed by atoms with E-state index in [1.54, 1.807) is 6.08 Å². The number of ether oxygens (including phenoxy) is 1. The Labute approximate surface area is 303 Å². The lowest BCUT2D eigenvalue weighted by atomic mass is 9.97. The summed E-state index contributed by atoms with van der Waals surface area (Å²) in [5, 5.41) is 13.2. The highest BCUT2D eigenvalue weighted by Gasteiger charge is 2.29. The maximum absolute atomic E-state index is 14.2. The first kappa shape index (κ1) is 40.0. The van der Waals surface area contributed by atoms with Crippen LogP contribution in [0.3, 0.4) is 0 Å². The summed E-state index contributed by atoms with van der Waals surface area (Å²) in [5.41, 5.74) is 2.67. The molecule has 0 aliphatic heterocycles. The largest absolute Gasteiger partial charge is 0.475 e. The summed E-state index contributed by atoms with van der Waals surface area (Å²) in [6, 6.07) is 25.5. The highest BCUT2D eigenvalue weighted by atomic mass is 16.5. The van der Waals surface area contributed by atoms with Gasteiger partial charge in [0.15, 0.2) is 5.88 Å². The van der Waals surface area contributed by atoms with E-state index >= 15 is 0 Å². The van der Waals surface area contributed by atoms with Crippen LogP contribution in [0.1, 0.15) is 52.2 Å². The molecule has 2 unspecified atom stereocenters. The van der Waals surface area contributed by atoms with Crippen LogP contribution in [0.2, 0.25) is 0 Å². The summed E-state index contributed by atoms with van der Waals surface area (Å²) >= 11 is 0. The Hall–Kier alpha value is -5.43. The molecule has 2 amide bonds. The van der Waals surface area contributed by atoms with E-state index in [9.17, 15) is 14.4 Å². The second-order valence-electron chi connectivity index (χ2n) is 12.6. The molecule has 0 saturated heterocycles. The van der Waals surface area contributed by atoms with Crippen molar-refractivity contribution < 1.29 is 19.1 Å². The zero-order valence-electron chi connectivity index (χ0n) is 30.7. The number of fused-ring (bicyclic) bond motifs is 2. The highest BCUT2D eigenvalue weighted by molar-refractivity contribution is 5.93. The second kappa shape index (κ2) is 20.9. The van der Waals surface area contributed by atoms with Gasteiger partial charge in [0.25, 0.3) is 0 Å². The number of amides is 2. The Morgan fingerprint density at radius 3 is 2.14 bits per heavy atom. The molecule has 3 N–H and O–H groups in total. The standard InChI is InChI=1S/C42H47N3O4.C2H6/c1-6-8-14-31(7-2)28-49-30(5)43-39(25-32-21-22-33-15-9-10-17-35(33)24-32)42(48)45-40(41(47)44-37(27-46)23-29(3)4)26-36-19-13-18-34-16-11-12-20-38(34)36;1-2/h6-22,24,27,29,37,39-40,43H,2,5,23,25-26,28H2,1,3-4H3,(H,44,47)(H,45,48);1-2H3/b8-6-,31-14+;/t37?,39?,40-;/m0./s1. The summed E-state index contributed by atoms with van der Waals surface area (Å²) < 4.78 is 5.90. The lowest BCUT2D eigenvalue weighted by Gasteiger charge is -2.26. The van der Waals surface area contributed by atoms with Gasteiger partial charge in [-0.15, -0.1) is 0 Å². The molecule has 0 aliphatic rings. The number of carbonyl (C=O) groups is 3. The van der Waals surface area contributed by atoms with Crippen LogP contribution in [-0.2, 0) is 32.0 Å². The maximum atomic E-state index is 14.2. The summed E-state index contributed by atoms with van der Waals surface area (Å²) in [7, 11) is 0.